The lowest BCUT2D eigenvalue weighted by atomic mass is 10.2. The first kappa shape index (κ1) is 10.9. The van der Waals surface area contributed by atoms with Crippen LogP contribution in [0, 0.1) is 0 Å². The molecule has 2 rings (SSSR count). The molecule has 0 saturated heterocycles. The van der Waals surface area contributed by atoms with E-state index in [1.54, 1.807) is 0 Å². The molecule has 0 aliphatic rings. The number of hydrogen-bond acceptors (Lipinski definition) is 6. The van der Waals surface area contributed by atoms with E-state index in [2.05, 4.69) is 15.0 Å². The minimum Gasteiger partial charge on any atom is -0.504 e. The lowest BCUT2D eigenvalue weighted by Gasteiger charge is -2.03. The molecule has 0 saturated carbocycles. The van der Waals surface area contributed by atoms with E-state index < -0.39 is 5.69 Å². The van der Waals surface area contributed by atoms with Gasteiger partial charge in [0.05, 0.1) is 7.11 Å². The molecule has 0 radical (unpaired) electrons. The van der Waals surface area contributed by atoms with Crippen LogP contribution in [0.5, 0.6) is 17.5 Å². The van der Waals surface area contributed by atoms with Crippen molar-refractivity contribution in [2.45, 2.75) is 0 Å². The highest BCUT2D eigenvalue weighted by atomic mass is 16.5. The summed E-state index contributed by atoms with van der Waals surface area (Å²) in [6.45, 7) is 0. The minimum atomic E-state index is -0.612. The van der Waals surface area contributed by atoms with Crippen LogP contribution in [-0.4, -0.2) is 32.3 Å². The third-order valence-electron chi connectivity index (χ3n) is 2.06. The van der Waals surface area contributed by atoms with Gasteiger partial charge in [-0.05, 0) is 18.2 Å². The van der Waals surface area contributed by atoms with Crippen molar-refractivity contribution >= 4 is 0 Å². The van der Waals surface area contributed by atoms with Crippen molar-refractivity contribution in [1.82, 2.24) is 15.0 Å². The molecule has 0 aliphatic heterocycles. The third-order valence-corrected chi connectivity index (χ3v) is 2.06. The maximum atomic E-state index is 11.2. The number of aromatic amines is 1. The monoisotopic (exact) mass is 235 g/mol. The average Bonchev–Trinajstić information content (AvgIpc) is 2.32. The number of nitrogens with zero attached hydrogens (tertiary/aromatic N) is 2. The number of ether oxygens (including phenoxy) is 1. The lowest BCUT2D eigenvalue weighted by Crippen LogP contribution is -2.14. The van der Waals surface area contributed by atoms with Crippen molar-refractivity contribution < 1.29 is 14.9 Å². The van der Waals surface area contributed by atoms with E-state index >= 15 is 0 Å². The Bertz CT molecular complexity index is 609. The summed E-state index contributed by atoms with van der Waals surface area (Å²) in [6.07, 6.45) is 0. The molecule has 0 fully saturated rings. The van der Waals surface area contributed by atoms with Crippen LogP contribution in [0.15, 0.2) is 23.0 Å². The lowest BCUT2D eigenvalue weighted by molar-refractivity contribution is 0.376. The Morgan fingerprint density at radius 2 is 2.00 bits per heavy atom. The van der Waals surface area contributed by atoms with Gasteiger partial charge in [0, 0.05) is 5.56 Å². The van der Waals surface area contributed by atoms with Gasteiger partial charge < -0.3 is 14.9 Å². The molecule has 2 aromatic rings. The summed E-state index contributed by atoms with van der Waals surface area (Å²) in [5.41, 5.74) is -0.183. The van der Waals surface area contributed by atoms with Gasteiger partial charge in [-0.2, -0.15) is 4.98 Å². The highest BCUT2D eigenvalue weighted by Crippen LogP contribution is 2.28. The van der Waals surface area contributed by atoms with Crippen LogP contribution >= 0.6 is 0 Å². The first-order valence-corrected chi connectivity index (χ1v) is 4.65. The van der Waals surface area contributed by atoms with Gasteiger partial charge in [-0.25, -0.2) is 4.79 Å². The van der Waals surface area contributed by atoms with E-state index in [-0.39, 0.29) is 23.3 Å². The van der Waals surface area contributed by atoms with Gasteiger partial charge >= 0.3 is 11.7 Å². The molecule has 88 valence electrons. The molecule has 0 bridgehead atoms. The Balaban J connectivity index is 2.55. The minimum absolute atomic E-state index is 0.0729. The Labute approximate surface area is 95.4 Å². The first-order valence-electron chi connectivity index (χ1n) is 4.65. The molecule has 1 heterocycles. The van der Waals surface area contributed by atoms with E-state index in [0.29, 0.717) is 5.56 Å². The molecular formula is C10H9N3O4. The quantitative estimate of drug-likeness (QED) is 0.644. The summed E-state index contributed by atoms with van der Waals surface area (Å²) in [5, 5.41) is 18.5. The number of rotatable bonds is 2. The second kappa shape index (κ2) is 4.12. The number of methoxy groups -OCH3 is 1. The summed E-state index contributed by atoms with van der Waals surface area (Å²) in [7, 11) is 1.34. The van der Waals surface area contributed by atoms with Crippen LogP contribution in [0.25, 0.3) is 11.4 Å². The van der Waals surface area contributed by atoms with Crippen molar-refractivity contribution in [3.05, 3.63) is 28.7 Å². The molecule has 1 aromatic heterocycles. The van der Waals surface area contributed by atoms with Crippen LogP contribution in [0.1, 0.15) is 0 Å². The molecule has 17 heavy (non-hydrogen) atoms. The summed E-state index contributed by atoms with van der Waals surface area (Å²) in [5.74, 6) is -0.366. The first-order chi connectivity index (χ1) is 8.10. The third kappa shape index (κ3) is 2.17. The van der Waals surface area contributed by atoms with Gasteiger partial charge in [-0.15, -0.1) is 4.98 Å². The van der Waals surface area contributed by atoms with Gasteiger partial charge in [0.2, 0.25) is 0 Å². The Kier molecular flexibility index (Phi) is 2.65. The van der Waals surface area contributed by atoms with Crippen molar-refractivity contribution in [3.63, 3.8) is 0 Å². The Morgan fingerprint density at radius 3 is 2.65 bits per heavy atom. The number of nitrogens with one attached hydrogen (secondary N) is 1. The zero-order chi connectivity index (χ0) is 12.4. The van der Waals surface area contributed by atoms with Crippen LogP contribution in [0.4, 0.5) is 0 Å². The highest BCUT2D eigenvalue weighted by molar-refractivity contribution is 5.60. The van der Waals surface area contributed by atoms with Crippen LogP contribution < -0.4 is 10.4 Å². The number of phenolic OH excluding ortho intramolecular Hbond substituents is 2. The van der Waals surface area contributed by atoms with E-state index in [1.165, 1.54) is 25.3 Å². The molecule has 0 atom stereocenters. The zero-order valence-electron chi connectivity index (χ0n) is 8.84. The van der Waals surface area contributed by atoms with Gasteiger partial charge in [0.1, 0.15) is 5.82 Å². The maximum Gasteiger partial charge on any atom is 0.351 e. The van der Waals surface area contributed by atoms with Gasteiger partial charge in [-0.1, -0.05) is 0 Å². The average molecular weight is 235 g/mol. The van der Waals surface area contributed by atoms with Gasteiger partial charge in [0.25, 0.3) is 0 Å². The van der Waals surface area contributed by atoms with E-state index in [9.17, 15) is 9.90 Å². The molecule has 1 aromatic carbocycles. The van der Waals surface area contributed by atoms with Crippen molar-refractivity contribution in [3.8, 4) is 28.9 Å². The zero-order valence-corrected chi connectivity index (χ0v) is 8.84. The highest BCUT2D eigenvalue weighted by Gasteiger charge is 2.08. The predicted octanol–water partition coefficient (Wildman–Crippen LogP) is 0.252. The second-order valence-electron chi connectivity index (χ2n) is 3.19. The van der Waals surface area contributed by atoms with Crippen LogP contribution in [0.3, 0.4) is 0 Å². The summed E-state index contributed by atoms with van der Waals surface area (Å²) >= 11 is 0. The van der Waals surface area contributed by atoms with E-state index in [0.717, 1.165) is 0 Å². The maximum absolute atomic E-state index is 11.2. The van der Waals surface area contributed by atoms with Crippen molar-refractivity contribution in [1.29, 1.82) is 0 Å². The molecule has 0 aliphatic carbocycles. The van der Waals surface area contributed by atoms with Crippen molar-refractivity contribution in [2.75, 3.05) is 7.11 Å². The summed E-state index contributed by atoms with van der Waals surface area (Å²) in [4.78, 5) is 21.0. The number of phenols is 2. The summed E-state index contributed by atoms with van der Waals surface area (Å²) in [6, 6.07) is 3.98. The number of aromatic nitrogens is 3. The smallest absolute Gasteiger partial charge is 0.351 e. The molecule has 0 spiro atoms. The van der Waals surface area contributed by atoms with Gasteiger partial charge in [-0.3, -0.25) is 4.98 Å². The fourth-order valence-corrected chi connectivity index (χ4v) is 1.26. The molecule has 7 nitrogen and oxygen atoms in total. The largest absolute Gasteiger partial charge is 0.504 e. The number of benzene rings is 1. The standard InChI is InChI=1S/C10H9N3O4/c1-17-10-12-8(11-9(16)13-10)5-2-3-6(14)7(15)4-5/h2-4,14-15H,1H3,(H,11,12,13,16). The SMILES string of the molecule is COc1nc(-c2ccc(O)c(O)c2)[nH]c(=O)n1. The molecule has 0 amide bonds. The Morgan fingerprint density at radius 1 is 1.24 bits per heavy atom. The van der Waals surface area contributed by atoms with Crippen LogP contribution in [-0.2, 0) is 0 Å². The number of hydrogen-bond donors (Lipinski definition) is 3. The second-order valence-corrected chi connectivity index (χ2v) is 3.19. The van der Waals surface area contributed by atoms with E-state index in [4.69, 9.17) is 9.84 Å². The topological polar surface area (TPSA) is 108 Å². The summed E-state index contributed by atoms with van der Waals surface area (Å²) < 4.78 is 4.76. The van der Waals surface area contributed by atoms with E-state index in [1.807, 2.05) is 0 Å². The Hall–Kier alpha value is -2.57. The van der Waals surface area contributed by atoms with Crippen LogP contribution in [0.2, 0.25) is 0 Å². The molecule has 7 heteroatoms. The van der Waals surface area contributed by atoms with Crippen molar-refractivity contribution in [2.24, 2.45) is 0 Å². The number of aromatic hydroxyl groups is 2. The van der Waals surface area contributed by atoms with Gasteiger partial charge in [0.15, 0.2) is 11.5 Å². The molecule has 0 unspecified atom stereocenters. The predicted molar refractivity (Wildman–Crippen MR) is 58.0 cm³/mol. The number of H-pyrrole nitrogens is 1. The fourth-order valence-electron chi connectivity index (χ4n) is 1.26. The molecular weight excluding hydrogens is 226 g/mol. The molecule has 3 N–H and O–H groups in total. The fraction of sp³-hybridized carbons (Fsp3) is 0.100. The normalized spacial score (nSPS) is 10.2.